The predicted molar refractivity (Wildman–Crippen MR) is 152 cm³/mol. The summed E-state index contributed by atoms with van der Waals surface area (Å²) in [5.41, 5.74) is -1.08. The molecule has 0 bridgehead atoms. The smallest absolute Gasteiger partial charge is 0.303 e. The van der Waals surface area contributed by atoms with E-state index in [-0.39, 0.29) is 19.8 Å². The van der Waals surface area contributed by atoms with Crippen molar-refractivity contribution in [2.45, 2.75) is 103 Å². The molecule has 2 rings (SSSR count). The van der Waals surface area contributed by atoms with E-state index in [1.807, 2.05) is 0 Å². The van der Waals surface area contributed by atoms with Crippen LogP contribution in [0.2, 0.25) is 0 Å². The lowest BCUT2D eigenvalue weighted by Crippen LogP contribution is -2.63. The van der Waals surface area contributed by atoms with Crippen molar-refractivity contribution < 1.29 is 80.9 Å². The molecule has 260 valence electrons. The van der Waals surface area contributed by atoms with Gasteiger partial charge >= 0.3 is 41.8 Å². The average Bonchev–Trinajstić information content (AvgIpc) is 2.91. The molecule has 2 heterocycles. The van der Waals surface area contributed by atoms with Crippen LogP contribution < -0.4 is 0 Å². The van der Waals surface area contributed by atoms with Crippen LogP contribution in [-0.4, -0.2) is 122 Å². The molecule has 10 atom stereocenters. The highest BCUT2D eigenvalue weighted by Crippen LogP contribution is 2.34. The van der Waals surface area contributed by atoms with E-state index in [9.17, 15) is 33.6 Å². The number of ether oxygens (including phenoxy) is 10. The van der Waals surface area contributed by atoms with Gasteiger partial charge in [0.1, 0.15) is 43.1 Å². The van der Waals surface area contributed by atoms with Crippen molar-refractivity contribution in [2.75, 3.05) is 26.4 Å². The van der Waals surface area contributed by atoms with E-state index >= 15 is 0 Å². The van der Waals surface area contributed by atoms with Crippen LogP contribution in [0.4, 0.5) is 0 Å². The lowest BCUT2D eigenvalue weighted by atomic mass is 9.89. The normalized spacial score (nSPS) is 30.6. The third-order valence-corrected chi connectivity index (χ3v) is 6.97. The Morgan fingerprint density at radius 2 is 0.848 bits per heavy atom. The molecule has 0 N–H and O–H groups in total. The van der Waals surface area contributed by atoms with E-state index in [2.05, 4.69) is 12.6 Å². The molecule has 0 aromatic rings. The first-order valence-electron chi connectivity index (χ1n) is 14.2. The zero-order valence-electron chi connectivity index (χ0n) is 26.5. The quantitative estimate of drug-likeness (QED) is 0.152. The second-order valence-electron chi connectivity index (χ2n) is 10.5. The first-order valence-corrected chi connectivity index (χ1v) is 14.7. The van der Waals surface area contributed by atoms with Crippen LogP contribution in [0.5, 0.6) is 0 Å². The van der Waals surface area contributed by atoms with Gasteiger partial charge in [-0.05, 0) is 0 Å². The van der Waals surface area contributed by atoms with Crippen molar-refractivity contribution in [1.82, 2.24) is 0 Å². The van der Waals surface area contributed by atoms with Gasteiger partial charge in [-0.3, -0.25) is 33.6 Å². The second-order valence-corrected chi connectivity index (χ2v) is 11.0. The number of carbonyl (C=O) groups excluding carboxylic acids is 7. The molecule has 0 aliphatic carbocycles. The summed E-state index contributed by atoms with van der Waals surface area (Å²) in [6.07, 6.45) is -9.85. The first-order chi connectivity index (χ1) is 21.5. The number of carbonyl (C=O) groups is 7. The predicted octanol–water partition coefficient (Wildman–Crippen LogP) is -0.174. The molecule has 2 aliphatic heterocycles. The fourth-order valence-electron chi connectivity index (χ4n) is 4.97. The summed E-state index contributed by atoms with van der Waals surface area (Å²) in [7, 11) is 0. The van der Waals surface area contributed by atoms with Crippen LogP contribution in [0.3, 0.4) is 0 Å². The van der Waals surface area contributed by atoms with Gasteiger partial charge in [-0.25, -0.2) is 0 Å². The number of rotatable bonds is 13. The van der Waals surface area contributed by atoms with E-state index in [1.165, 1.54) is 6.92 Å². The van der Waals surface area contributed by atoms with Gasteiger partial charge < -0.3 is 47.4 Å². The summed E-state index contributed by atoms with van der Waals surface area (Å²) >= 11 is 4.33. The fraction of sp³-hybridized carbons (Fsp3) is 0.750. The summed E-state index contributed by atoms with van der Waals surface area (Å²) in [6, 6.07) is 0. The maximum Gasteiger partial charge on any atom is 0.303 e. The van der Waals surface area contributed by atoms with E-state index in [0.717, 1.165) is 41.5 Å². The van der Waals surface area contributed by atoms with Gasteiger partial charge in [0.2, 0.25) is 0 Å². The third kappa shape index (κ3) is 12.0. The minimum Gasteiger partial charge on any atom is -0.463 e. The van der Waals surface area contributed by atoms with E-state index in [0.29, 0.717) is 0 Å². The molecule has 10 unspecified atom stereocenters. The highest BCUT2D eigenvalue weighted by molar-refractivity contribution is 7.80. The molecule has 2 saturated heterocycles. The number of hydrogen-bond acceptors (Lipinski definition) is 18. The Kier molecular flexibility index (Phi) is 15.2. The van der Waals surface area contributed by atoms with Gasteiger partial charge in [0, 0.05) is 48.5 Å². The molecule has 2 fully saturated rings. The SMILES string of the molecule is CC(=O)OCC1OC(S)C(OC(C)=O)C(OC(C)=O)C1COCC1OC(COC(C)=O)C(OC(C)=O)C(OC(C)=O)C1OC(C)=O. The molecule has 0 aromatic carbocycles. The molecule has 0 aromatic heterocycles. The van der Waals surface area contributed by atoms with Crippen molar-refractivity contribution in [3.63, 3.8) is 0 Å². The molecular formula is C28H40O17S. The Bertz CT molecular complexity index is 1130. The molecule has 2 aliphatic rings. The van der Waals surface area contributed by atoms with Crippen molar-refractivity contribution in [3.8, 4) is 0 Å². The van der Waals surface area contributed by atoms with Crippen LogP contribution >= 0.6 is 12.6 Å². The third-order valence-electron chi connectivity index (χ3n) is 6.55. The first kappa shape index (κ1) is 38.7. The Hall–Kier alpha value is -3.48. The number of thiol groups is 1. The van der Waals surface area contributed by atoms with E-state index in [4.69, 9.17) is 47.4 Å². The second kappa shape index (κ2) is 18.0. The van der Waals surface area contributed by atoms with Crippen LogP contribution in [0.25, 0.3) is 0 Å². The Morgan fingerprint density at radius 1 is 0.457 bits per heavy atom. The molecule has 0 amide bonds. The summed E-state index contributed by atoms with van der Waals surface area (Å²) in [5.74, 6) is -6.03. The van der Waals surface area contributed by atoms with Crippen LogP contribution in [0, 0.1) is 5.92 Å². The van der Waals surface area contributed by atoms with Crippen molar-refractivity contribution in [1.29, 1.82) is 0 Å². The minimum atomic E-state index is -1.41. The standard InChI is InChI=1S/C28H40O17S/c1-12(29)37-10-20-19(23(39-14(3)31)27(28(46)45-20)43-18(7)35)8-36-9-21-24(40-15(4)32)26(42-17(6)34)25(41-16(5)33)22(44-21)11-38-13(2)30/h19-28,46H,8-11H2,1-7H3. The van der Waals surface area contributed by atoms with Crippen LogP contribution in [0.1, 0.15) is 48.5 Å². The summed E-state index contributed by atoms with van der Waals surface area (Å²) in [6.45, 7) is 6.49. The van der Waals surface area contributed by atoms with Crippen molar-refractivity contribution in [2.24, 2.45) is 5.92 Å². The zero-order valence-corrected chi connectivity index (χ0v) is 27.4. The molecule has 0 radical (unpaired) electrons. The van der Waals surface area contributed by atoms with Crippen molar-refractivity contribution >= 4 is 54.4 Å². The van der Waals surface area contributed by atoms with E-state index < -0.39 is 109 Å². The lowest BCUT2D eigenvalue weighted by Gasteiger charge is -2.45. The van der Waals surface area contributed by atoms with Gasteiger partial charge in [0.25, 0.3) is 0 Å². The molecule has 0 spiro atoms. The van der Waals surface area contributed by atoms with Gasteiger partial charge in [-0.1, -0.05) is 0 Å². The highest BCUT2D eigenvalue weighted by atomic mass is 32.1. The van der Waals surface area contributed by atoms with Crippen LogP contribution in [-0.2, 0) is 80.9 Å². The van der Waals surface area contributed by atoms with Gasteiger partial charge in [-0.2, -0.15) is 0 Å². The minimum absolute atomic E-state index is 0.297. The van der Waals surface area contributed by atoms with Gasteiger partial charge in [0.05, 0.1) is 19.1 Å². The summed E-state index contributed by atoms with van der Waals surface area (Å²) in [5, 5.41) is 0. The van der Waals surface area contributed by atoms with Gasteiger partial charge in [0.15, 0.2) is 24.4 Å². The number of esters is 7. The molecule has 46 heavy (non-hydrogen) atoms. The Balaban J connectivity index is 2.43. The molecule has 17 nitrogen and oxygen atoms in total. The number of hydrogen-bond donors (Lipinski definition) is 1. The molecule has 18 heteroatoms. The maximum absolute atomic E-state index is 12.1. The highest BCUT2D eigenvalue weighted by Gasteiger charge is 2.53. The molecule has 0 saturated carbocycles. The van der Waals surface area contributed by atoms with Crippen molar-refractivity contribution in [3.05, 3.63) is 0 Å². The largest absolute Gasteiger partial charge is 0.463 e. The zero-order chi connectivity index (χ0) is 34.7. The van der Waals surface area contributed by atoms with Gasteiger partial charge in [-0.15, -0.1) is 12.6 Å². The topological polar surface area (TPSA) is 212 Å². The maximum atomic E-state index is 12.1. The summed E-state index contributed by atoms with van der Waals surface area (Å²) < 4.78 is 55.1. The Labute approximate surface area is 270 Å². The summed E-state index contributed by atoms with van der Waals surface area (Å²) in [4.78, 5) is 83.2. The van der Waals surface area contributed by atoms with Crippen LogP contribution in [0.15, 0.2) is 0 Å². The fourth-order valence-corrected chi connectivity index (χ4v) is 5.36. The lowest BCUT2D eigenvalue weighted by molar-refractivity contribution is -0.261. The molecular weight excluding hydrogens is 640 g/mol. The average molecular weight is 681 g/mol. The van der Waals surface area contributed by atoms with E-state index in [1.54, 1.807) is 0 Å². The Morgan fingerprint density at radius 3 is 1.30 bits per heavy atom. The monoisotopic (exact) mass is 680 g/mol.